The van der Waals surface area contributed by atoms with Crippen LogP contribution in [0.25, 0.3) is 0 Å². The van der Waals surface area contributed by atoms with Gasteiger partial charge in [0.15, 0.2) is 5.78 Å². The molecule has 3 rings (SSSR count). The van der Waals surface area contributed by atoms with Gasteiger partial charge in [0.1, 0.15) is 0 Å². The summed E-state index contributed by atoms with van der Waals surface area (Å²) in [7, 11) is 1.91. The molecule has 1 aliphatic heterocycles. The maximum Gasteiger partial charge on any atom is 0.159 e. The Morgan fingerprint density at radius 1 is 1.20 bits per heavy atom. The average molecular weight is 275 g/mol. The van der Waals surface area contributed by atoms with Crippen LogP contribution in [0.2, 0.25) is 0 Å². The molecule has 1 aromatic heterocycles. The Kier molecular flexibility index (Phi) is 3.92. The highest BCUT2D eigenvalue weighted by Crippen LogP contribution is 2.38. The summed E-state index contributed by atoms with van der Waals surface area (Å²) in [6.07, 6.45) is 10.7. The highest BCUT2D eigenvalue weighted by molar-refractivity contribution is 5.90. The van der Waals surface area contributed by atoms with Crippen LogP contribution < -0.4 is 0 Å². The van der Waals surface area contributed by atoms with E-state index in [-0.39, 0.29) is 5.54 Å². The van der Waals surface area contributed by atoms with Gasteiger partial charge in [0.25, 0.3) is 0 Å². The van der Waals surface area contributed by atoms with Crippen LogP contribution in [0.1, 0.15) is 50.6 Å². The van der Waals surface area contributed by atoms with Crippen LogP contribution in [-0.2, 0) is 18.3 Å². The van der Waals surface area contributed by atoms with Crippen molar-refractivity contribution in [2.24, 2.45) is 7.05 Å². The fourth-order valence-electron chi connectivity index (χ4n) is 3.94. The molecule has 110 valence electrons. The Hall–Kier alpha value is -1.16. The van der Waals surface area contributed by atoms with E-state index in [2.05, 4.69) is 10.00 Å². The van der Waals surface area contributed by atoms with Crippen LogP contribution in [0.15, 0.2) is 12.3 Å². The fraction of sp³-hybridized carbons (Fsp3) is 0.750. The number of carbonyl (C=O) groups is 1. The number of Topliss-reactive ketones (excluding diaryl/α,β-unsaturated/α-hetero) is 1. The van der Waals surface area contributed by atoms with E-state index in [9.17, 15) is 4.79 Å². The lowest BCUT2D eigenvalue weighted by Gasteiger charge is -2.42. The van der Waals surface area contributed by atoms with Gasteiger partial charge in [0.05, 0.1) is 17.7 Å². The molecule has 0 aromatic carbocycles. The number of hydrogen-bond acceptors (Lipinski definition) is 3. The van der Waals surface area contributed by atoms with E-state index >= 15 is 0 Å². The van der Waals surface area contributed by atoms with Gasteiger partial charge in [-0.15, -0.1) is 0 Å². The Morgan fingerprint density at radius 3 is 2.50 bits per heavy atom. The number of carbonyl (C=O) groups excluding carboxylic acids is 1. The lowest BCUT2D eigenvalue weighted by atomic mass is 9.85. The maximum absolute atomic E-state index is 13.0. The first-order valence-corrected chi connectivity index (χ1v) is 7.98. The Morgan fingerprint density at radius 2 is 1.90 bits per heavy atom. The molecule has 0 atom stereocenters. The van der Waals surface area contributed by atoms with Crippen molar-refractivity contribution in [1.82, 2.24) is 14.7 Å². The van der Waals surface area contributed by atoms with Crippen molar-refractivity contribution >= 4 is 5.78 Å². The molecule has 2 fully saturated rings. The normalized spacial score (nSPS) is 23.1. The molecule has 2 aliphatic rings. The van der Waals surface area contributed by atoms with E-state index in [1.54, 1.807) is 4.68 Å². The summed E-state index contributed by atoms with van der Waals surface area (Å²) in [6, 6.07) is 1.97. The molecule has 4 heteroatoms. The third kappa shape index (κ3) is 2.53. The Balaban J connectivity index is 1.76. The number of ketones is 1. The summed E-state index contributed by atoms with van der Waals surface area (Å²) < 4.78 is 1.78. The highest BCUT2D eigenvalue weighted by Gasteiger charge is 2.45. The van der Waals surface area contributed by atoms with Gasteiger partial charge in [-0.05, 0) is 44.8 Å². The summed E-state index contributed by atoms with van der Waals surface area (Å²) in [5.41, 5.74) is 0.749. The first-order chi connectivity index (χ1) is 9.71. The number of aryl methyl sites for hydroxylation is 1. The summed E-state index contributed by atoms with van der Waals surface area (Å²) >= 11 is 0. The number of likely N-dealkylation sites (tertiary alicyclic amines) is 1. The van der Waals surface area contributed by atoms with Crippen molar-refractivity contribution < 1.29 is 4.79 Å². The Bertz CT molecular complexity index is 468. The Labute approximate surface area is 121 Å². The van der Waals surface area contributed by atoms with Crippen molar-refractivity contribution in [3.63, 3.8) is 0 Å². The lowest BCUT2D eigenvalue weighted by Crippen LogP contribution is -2.55. The van der Waals surface area contributed by atoms with E-state index in [0.29, 0.717) is 12.2 Å². The molecule has 0 bridgehead atoms. The average Bonchev–Trinajstić information content (AvgIpc) is 3.10. The minimum absolute atomic E-state index is 0.169. The quantitative estimate of drug-likeness (QED) is 0.846. The summed E-state index contributed by atoms with van der Waals surface area (Å²) in [4.78, 5) is 15.4. The van der Waals surface area contributed by atoms with Crippen molar-refractivity contribution in [2.45, 2.75) is 56.9 Å². The molecule has 1 saturated heterocycles. The molecule has 0 radical (unpaired) electrons. The molecule has 1 aromatic rings. The fourth-order valence-corrected chi connectivity index (χ4v) is 3.94. The molecule has 1 aliphatic carbocycles. The molecule has 0 spiro atoms. The number of hydrogen-bond donors (Lipinski definition) is 0. The first kappa shape index (κ1) is 13.8. The highest BCUT2D eigenvalue weighted by atomic mass is 16.1. The molecule has 20 heavy (non-hydrogen) atoms. The van der Waals surface area contributed by atoms with Gasteiger partial charge in [-0.2, -0.15) is 5.10 Å². The zero-order valence-corrected chi connectivity index (χ0v) is 12.5. The lowest BCUT2D eigenvalue weighted by molar-refractivity contribution is -0.131. The van der Waals surface area contributed by atoms with E-state index in [4.69, 9.17) is 0 Å². The molecule has 1 saturated carbocycles. The van der Waals surface area contributed by atoms with Crippen LogP contribution in [-0.4, -0.2) is 39.1 Å². The van der Waals surface area contributed by atoms with Gasteiger partial charge in [0, 0.05) is 13.2 Å². The van der Waals surface area contributed by atoms with Crippen molar-refractivity contribution in [1.29, 1.82) is 0 Å². The van der Waals surface area contributed by atoms with Gasteiger partial charge >= 0.3 is 0 Å². The van der Waals surface area contributed by atoms with Crippen LogP contribution in [0.3, 0.4) is 0 Å². The zero-order valence-electron chi connectivity index (χ0n) is 12.5. The van der Waals surface area contributed by atoms with E-state index in [0.717, 1.165) is 31.6 Å². The van der Waals surface area contributed by atoms with Gasteiger partial charge in [-0.1, -0.05) is 19.3 Å². The van der Waals surface area contributed by atoms with E-state index in [1.807, 2.05) is 19.3 Å². The second-order valence-corrected chi connectivity index (χ2v) is 6.37. The number of nitrogens with zero attached hydrogens (tertiary/aromatic N) is 3. The number of piperidine rings is 1. The van der Waals surface area contributed by atoms with Crippen molar-refractivity contribution in [3.05, 3.63) is 18.0 Å². The summed E-state index contributed by atoms with van der Waals surface area (Å²) in [5, 5.41) is 4.38. The topological polar surface area (TPSA) is 38.1 Å². The molecular weight excluding hydrogens is 250 g/mol. The number of aromatic nitrogens is 2. The third-order valence-electron chi connectivity index (χ3n) is 5.02. The minimum Gasteiger partial charge on any atom is -0.297 e. The summed E-state index contributed by atoms with van der Waals surface area (Å²) in [6.45, 7) is 2.21. The molecule has 0 amide bonds. The number of rotatable bonds is 4. The second kappa shape index (κ2) is 5.68. The predicted octanol–water partition coefficient (Wildman–Crippen LogP) is 2.33. The minimum atomic E-state index is -0.169. The zero-order chi connectivity index (χ0) is 14.0. The smallest absolute Gasteiger partial charge is 0.159 e. The molecule has 4 nitrogen and oxygen atoms in total. The summed E-state index contributed by atoms with van der Waals surface area (Å²) in [5.74, 6) is 0.399. The van der Waals surface area contributed by atoms with E-state index in [1.165, 1.54) is 32.1 Å². The van der Waals surface area contributed by atoms with Crippen LogP contribution in [0.5, 0.6) is 0 Å². The molecule has 0 unspecified atom stereocenters. The monoisotopic (exact) mass is 275 g/mol. The third-order valence-corrected chi connectivity index (χ3v) is 5.02. The molecule has 0 N–H and O–H groups in total. The van der Waals surface area contributed by atoms with Crippen LogP contribution in [0.4, 0.5) is 0 Å². The first-order valence-electron chi connectivity index (χ1n) is 7.98. The second-order valence-electron chi connectivity index (χ2n) is 6.37. The van der Waals surface area contributed by atoms with Gasteiger partial charge in [-0.25, -0.2) is 0 Å². The van der Waals surface area contributed by atoms with Crippen LogP contribution >= 0.6 is 0 Å². The van der Waals surface area contributed by atoms with Gasteiger partial charge in [-0.3, -0.25) is 14.4 Å². The predicted molar refractivity (Wildman–Crippen MR) is 78.5 cm³/mol. The molecule has 2 heterocycles. The van der Waals surface area contributed by atoms with Gasteiger partial charge in [0.2, 0.25) is 0 Å². The molecular formula is C16H25N3O. The SMILES string of the molecule is Cn1ccc(CC(=O)C2(N3CCCCC3)CCCC2)n1. The van der Waals surface area contributed by atoms with Gasteiger partial charge < -0.3 is 0 Å². The maximum atomic E-state index is 13.0. The largest absolute Gasteiger partial charge is 0.297 e. The van der Waals surface area contributed by atoms with E-state index < -0.39 is 0 Å². The van der Waals surface area contributed by atoms with Crippen molar-refractivity contribution in [2.75, 3.05) is 13.1 Å². The van der Waals surface area contributed by atoms with Crippen LogP contribution in [0, 0.1) is 0 Å². The standard InChI is InChI=1S/C16H25N3O/c1-18-12-7-14(17-18)13-15(20)16(8-3-4-9-16)19-10-5-2-6-11-19/h7,12H,2-6,8-11,13H2,1H3. The van der Waals surface area contributed by atoms with Crippen molar-refractivity contribution in [3.8, 4) is 0 Å².